The van der Waals surface area contributed by atoms with Crippen molar-refractivity contribution in [1.29, 1.82) is 0 Å². The zero-order valence-corrected chi connectivity index (χ0v) is 65.1. The second kappa shape index (κ2) is 26.6. The van der Waals surface area contributed by atoms with Crippen molar-refractivity contribution in [1.82, 2.24) is 18.7 Å². The molecule has 2 aliphatic rings. The average molecular weight is 1550 g/mol. The minimum atomic E-state index is 1.11. The van der Waals surface area contributed by atoms with Crippen molar-refractivity contribution < 1.29 is 0 Å². The fourth-order valence-corrected chi connectivity index (χ4v) is 20.1. The van der Waals surface area contributed by atoms with Gasteiger partial charge in [0, 0.05) is 86.4 Å². The molecule has 24 aromatic rings. The molecular formula is C112H69BrN4. The fourth-order valence-electron chi connectivity index (χ4n) is 19.7. The van der Waals surface area contributed by atoms with E-state index in [-0.39, 0.29) is 0 Å². The van der Waals surface area contributed by atoms with Crippen molar-refractivity contribution >= 4 is 146 Å². The maximum absolute atomic E-state index is 3.59. The number of aromatic amines is 1. The van der Waals surface area contributed by atoms with Gasteiger partial charge in [0.2, 0.25) is 0 Å². The van der Waals surface area contributed by atoms with Crippen LogP contribution in [0.4, 0.5) is 0 Å². The first-order valence-electron chi connectivity index (χ1n) is 40.2. The first-order chi connectivity index (χ1) is 58.0. The molecule has 4 aromatic heterocycles. The molecule has 0 saturated carbocycles. The van der Waals surface area contributed by atoms with Crippen molar-refractivity contribution in [3.8, 4) is 106 Å². The van der Waals surface area contributed by atoms with Crippen LogP contribution in [0, 0.1) is 0 Å². The van der Waals surface area contributed by atoms with E-state index in [1.807, 2.05) is 0 Å². The van der Waals surface area contributed by atoms with Crippen LogP contribution >= 0.6 is 15.9 Å². The first-order valence-corrected chi connectivity index (χ1v) is 41.0. The Hall–Kier alpha value is -14.9. The van der Waals surface area contributed by atoms with Gasteiger partial charge in [-0.2, -0.15) is 0 Å². The Morgan fingerprint density at radius 1 is 0.179 bits per heavy atom. The number of fused-ring (bicyclic) bond motifs is 22. The highest BCUT2D eigenvalue weighted by Crippen LogP contribution is 2.52. The molecule has 2 aliphatic carbocycles. The summed E-state index contributed by atoms with van der Waals surface area (Å²) in [6.45, 7) is 0. The average Bonchev–Trinajstić information content (AvgIpc) is 1.58. The third-order valence-corrected chi connectivity index (χ3v) is 25.3. The second-order valence-electron chi connectivity index (χ2n) is 31.1. The number of aromatic nitrogens is 4. The van der Waals surface area contributed by atoms with Crippen molar-refractivity contribution in [3.63, 3.8) is 0 Å². The minimum absolute atomic E-state index is 1.11. The molecular weight excluding hydrogens is 1480 g/mol. The molecule has 117 heavy (non-hydrogen) atoms. The standard InChI is InChI=1S/C56H34N2.C34H22N2.C22H13Br/c1-2-14-39(15-3-1)58-54-31-26-37(34-51(54)49-27-24-35-12-4-5-17-42(35)56(49)58)36-25-30-53-50(33-36)45-20-8-9-23-52(45)57(53)40-16-10-13-38(32-40)41-28-29-48-44-19-7-6-18-43(44)47-22-11-21-46(41)55(47)48;1-2-9-25(10-3-1)36-33-19-16-24(21-30(33)28-17-14-22-8-4-5-11-26(22)34(28)36)23-15-18-32-29(20-23)27-12-6-7-13-31(27)35-32;23-15-6-3-5-14(13-15)16-11-12-21-18-8-2-1-7-17(18)20-10-4-9-19(16)22(20)21/h1-34H;1-21,35H;1-13H. The van der Waals surface area contributed by atoms with Crippen LogP contribution in [0.2, 0.25) is 0 Å². The molecule has 20 aromatic carbocycles. The maximum atomic E-state index is 3.59. The van der Waals surface area contributed by atoms with Gasteiger partial charge in [0.15, 0.2) is 0 Å². The topological polar surface area (TPSA) is 30.6 Å². The van der Waals surface area contributed by atoms with E-state index in [0.717, 1.165) is 10.2 Å². The highest BCUT2D eigenvalue weighted by atomic mass is 79.9. The van der Waals surface area contributed by atoms with E-state index in [4.69, 9.17) is 0 Å². The van der Waals surface area contributed by atoms with Crippen LogP contribution in [0.1, 0.15) is 0 Å². The van der Waals surface area contributed by atoms with E-state index >= 15 is 0 Å². The number of H-pyrrole nitrogens is 1. The van der Waals surface area contributed by atoms with Gasteiger partial charge in [-0.1, -0.05) is 319 Å². The Morgan fingerprint density at radius 3 is 1.09 bits per heavy atom. The van der Waals surface area contributed by atoms with Crippen molar-refractivity contribution in [2.45, 2.75) is 0 Å². The molecule has 0 radical (unpaired) electrons. The molecule has 5 heteroatoms. The number of halogens is 1. The van der Waals surface area contributed by atoms with Crippen LogP contribution in [-0.4, -0.2) is 18.7 Å². The van der Waals surface area contributed by atoms with Crippen molar-refractivity contribution in [3.05, 3.63) is 417 Å². The third kappa shape index (κ3) is 10.5. The summed E-state index contributed by atoms with van der Waals surface area (Å²) in [4.78, 5) is 3.55. The summed E-state index contributed by atoms with van der Waals surface area (Å²) in [6.07, 6.45) is 0. The fraction of sp³-hybridized carbons (Fsp3) is 0. The van der Waals surface area contributed by atoms with E-state index in [9.17, 15) is 0 Å². The Labute approximate surface area is 683 Å². The number of rotatable bonds is 7. The molecule has 4 heterocycles. The van der Waals surface area contributed by atoms with Crippen LogP contribution in [0.15, 0.2) is 417 Å². The van der Waals surface area contributed by atoms with E-state index in [1.165, 1.54) is 231 Å². The number of para-hydroxylation sites is 4. The predicted octanol–water partition coefficient (Wildman–Crippen LogP) is 31.3. The summed E-state index contributed by atoms with van der Waals surface area (Å²) < 4.78 is 8.40. The van der Waals surface area contributed by atoms with Gasteiger partial charge in [-0.15, -0.1) is 0 Å². The SMILES string of the molecule is Brc1cccc(-c2ccc3c4c(cccc24)-c2ccccc2-3)c1.c1ccc(-n2c3ccc(-c4ccc5[nH]c6ccccc6c5c4)cc3c3ccc4ccccc4c32)cc1.c1ccc(-n2c3ccc(-c4ccc5c(c4)c4ccccc4n5-c4cccc(-c5ccc6c7c(cccc57)-c5ccccc5-6)c4)cc3c3ccc4ccccc4c32)cc1. The van der Waals surface area contributed by atoms with Crippen LogP contribution < -0.4 is 0 Å². The molecule has 544 valence electrons. The molecule has 0 saturated heterocycles. The van der Waals surface area contributed by atoms with Gasteiger partial charge < -0.3 is 18.7 Å². The monoisotopic (exact) mass is 1550 g/mol. The number of hydrogen-bond acceptors (Lipinski definition) is 0. The van der Waals surface area contributed by atoms with Gasteiger partial charge in [-0.05, 0) is 231 Å². The maximum Gasteiger partial charge on any atom is 0.0619 e. The highest BCUT2D eigenvalue weighted by Gasteiger charge is 2.26. The molecule has 4 nitrogen and oxygen atoms in total. The summed E-state index contributed by atoms with van der Waals surface area (Å²) >= 11 is 3.59. The summed E-state index contributed by atoms with van der Waals surface area (Å²) in [5.74, 6) is 0. The molecule has 0 atom stereocenters. The molecule has 0 aliphatic heterocycles. The summed E-state index contributed by atoms with van der Waals surface area (Å²) in [5, 5.41) is 20.5. The van der Waals surface area contributed by atoms with Gasteiger partial charge >= 0.3 is 0 Å². The zero-order chi connectivity index (χ0) is 76.9. The summed E-state index contributed by atoms with van der Waals surface area (Å²) in [7, 11) is 0. The van der Waals surface area contributed by atoms with Crippen molar-refractivity contribution in [2.75, 3.05) is 0 Å². The first kappa shape index (κ1) is 66.7. The summed E-state index contributed by atoms with van der Waals surface area (Å²) in [6, 6.07) is 151. The number of nitrogens with zero attached hydrogens (tertiary/aromatic N) is 3. The largest absolute Gasteiger partial charge is 0.355 e. The van der Waals surface area contributed by atoms with E-state index in [1.54, 1.807) is 0 Å². The minimum Gasteiger partial charge on any atom is -0.355 e. The van der Waals surface area contributed by atoms with Gasteiger partial charge in [0.1, 0.15) is 0 Å². The zero-order valence-electron chi connectivity index (χ0n) is 63.5. The van der Waals surface area contributed by atoms with E-state index in [0.29, 0.717) is 0 Å². The molecule has 1 N–H and O–H groups in total. The smallest absolute Gasteiger partial charge is 0.0619 e. The predicted molar refractivity (Wildman–Crippen MR) is 500 cm³/mol. The quantitative estimate of drug-likeness (QED) is 0.165. The summed E-state index contributed by atoms with van der Waals surface area (Å²) in [5.41, 5.74) is 33.8. The number of hydrogen-bond donors (Lipinski definition) is 1. The lowest BCUT2D eigenvalue weighted by atomic mass is 9.94. The molecule has 0 unspecified atom stereocenters. The van der Waals surface area contributed by atoms with Crippen LogP contribution in [0.3, 0.4) is 0 Å². The third-order valence-electron chi connectivity index (χ3n) is 24.8. The molecule has 26 rings (SSSR count). The Morgan fingerprint density at radius 2 is 0.547 bits per heavy atom. The van der Waals surface area contributed by atoms with Gasteiger partial charge in [0.25, 0.3) is 0 Å². The van der Waals surface area contributed by atoms with Crippen molar-refractivity contribution in [2.24, 2.45) is 0 Å². The molecule has 0 bridgehead atoms. The van der Waals surface area contributed by atoms with Gasteiger partial charge in [-0.25, -0.2) is 0 Å². The Kier molecular flexibility index (Phi) is 15.2. The van der Waals surface area contributed by atoms with Crippen LogP contribution in [0.5, 0.6) is 0 Å². The van der Waals surface area contributed by atoms with E-state index in [2.05, 4.69) is 447 Å². The lowest BCUT2D eigenvalue weighted by Gasteiger charge is -2.13. The second-order valence-corrected chi connectivity index (χ2v) is 32.0. The lowest BCUT2D eigenvalue weighted by molar-refractivity contribution is 1.18. The van der Waals surface area contributed by atoms with E-state index < -0.39 is 0 Å². The Balaban J connectivity index is 0.000000112. The lowest BCUT2D eigenvalue weighted by Crippen LogP contribution is -1.94. The highest BCUT2D eigenvalue weighted by molar-refractivity contribution is 9.10. The molecule has 0 spiro atoms. The molecule has 0 amide bonds. The Bertz CT molecular complexity index is 8220. The van der Waals surface area contributed by atoms with Gasteiger partial charge in [-0.3, -0.25) is 0 Å². The number of benzene rings is 20. The van der Waals surface area contributed by atoms with Gasteiger partial charge in [0.05, 0.1) is 33.1 Å². The van der Waals surface area contributed by atoms with Crippen LogP contribution in [0.25, 0.3) is 236 Å². The molecule has 0 fully saturated rings. The van der Waals surface area contributed by atoms with Crippen LogP contribution in [-0.2, 0) is 0 Å². The normalized spacial score (nSPS) is 12.0. The number of nitrogens with one attached hydrogen (secondary N) is 1.